The van der Waals surface area contributed by atoms with Gasteiger partial charge in [0.1, 0.15) is 79.6 Å². The number of carbonyl (C=O) groups excluding carboxylic acids is 6. The lowest BCUT2D eigenvalue weighted by atomic mass is 9.87. The molecule has 2 rings (SSSR count). The summed E-state index contributed by atoms with van der Waals surface area (Å²) in [4.78, 5) is 108. The maximum Gasteiger partial charge on any atom is 0.413 e. The van der Waals surface area contributed by atoms with Crippen molar-refractivity contribution in [2.75, 3.05) is 112 Å². The number of carboxylic acid groups (broad SMARTS) is 2. The second-order valence-corrected chi connectivity index (χ2v) is 22.7. The van der Waals surface area contributed by atoms with Crippen LogP contribution in [0.1, 0.15) is 82.6 Å². The van der Waals surface area contributed by atoms with E-state index in [4.69, 9.17) is 63.3 Å². The van der Waals surface area contributed by atoms with Gasteiger partial charge in [-0.25, -0.2) is 19.2 Å². The minimum absolute atomic E-state index is 0.00863. The molecule has 0 bridgehead atoms. The van der Waals surface area contributed by atoms with Crippen molar-refractivity contribution in [3.05, 3.63) is 36.1 Å². The van der Waals surface area contributed by atoms with Gasteiger partial charge in [-0.05, 0) is 74.5 Å². The summed E-state index contributed by atoms with van der Waals surface area (Å²) in [6, 6.07) is -3.46. The summed E-state index contributed by atoms with van der Waals surface area (Å²) in [6.45, 7) is 17.3. The number of amidine groups is 1. The molecule has 0 saturated heterocycles. The Morgan fingerprint density at radius 2 is 1.19 bits per heavy atom. The fourth-order valence-corrected chi connectivity index (χ4v) is 8.82. The summed E-state index contributed by atoms with van der Waals surface area (Å²) in [5, 5.41) is 77.1. The molecule has 0 aliphatic carbocycles. The molecular formula is C59H96N8O26. The number of carboxylic acids is 2. The van der Waals surface area contributed by atoms with Gasteiger partial charge < -0.3 is 114 Å². The Morgan fingerprint density at radius 1 is 0.699 bits per heavy atom. The molecule has 0 aromatic carbocycles. The minimum atomic E-state index is -1.85. The van der Waals surface area contributed by atoms with Gasteiger partial charge >= 0.3 is 24.1 Å². The average molecular weight is 1330 g/mol. The van der Waals surface area contributed by atoms with Crippen LogP contribution < -0.4 is 31.9 Å². The van der Waals surface area contributed by atoms with Gasteiger partial charge in [-0.1, -0.05) is 19.4 Å². The maximum absolute atomic E-state index is 14.1. The topological polar surface area (TPSA) is 456 Å². The highest BCUT2D eigenvalue weighted by atomic mass is 16.9. The molecule has 0 spiro atoms. The zero-order chi connectivity index (χ0) is 70.1. The van der Waals surface area contributed by atoms with Crippen molar-refractivity contribution in [3.63, 3.8) is 0 Å². The number of aliphatic imine (C=N–C) groups is 1. The molecule has 10 atom stereocenters. The van der Waals surface area contributed by atoms with Crippen LogP contribution in [0.25, 0.3) is 0 Å². The Morgan fingerprint density at radius 3 is 1.67 bits per heavy atom. The van der Waals surface area contributed by atoms with Crippen LogP contribution in [0.3, 0.4) is 0 Å². The lowest BCUT2D eigenvalue weighted by molar-refractivity contribution is -0.378. The van der Waals surface area contributed by atoms with E-state index in [1.165, 1.54) is 17.9 Å². The first kappa shape index (κ1) is 81.8. The molecule has 2 aliphatic rings. The number of rotatable bonds is 42. The van der Waals surface area contributed by atoms with E-state index < -0.39 is 170 Å². The summed E-state index contributed by atoms with van der Waals surface area (Å²) < 4.78 is 67.9. The van der Waals surface area contributed by atoms with E-state index in [2.05, 4.69) is 49.4 Å². The van der Waals surface area contributed by atoms with Gasteiger partial charge in [0.05, 0.1) is 71.0 Å². The fourth-order valence-electron chi connectivity index (χ4n) is 8.82. The molecule has 93 heavy (non-hydrogen) atoms. The Kier molecular flexibility index (Phi) is 36.5. The van der Waals surface area contributed by atoms with E-state index in [1.54, 1.807) is 62.3 Å². The normalized spacial score (nSPS) is 19.6. The van der Waals surface area contributed by atoms with Gasteiger partial charge in [-0.3, -0.25) is 34.8 Å². The van der Waals surface area contributed by atoms with Crippen LogP contribution >= 0.6 is 0 Å². The van der Waals surface area contributed by atoms with Crippen LogP contribution in [-0.4, -0.2) is 273 Å². The van der Waals surface area contributed by atoms with Gasteiger partial charge in [-0.15, -0.1) is 6.42 Å². The number of hydrogen-bond donors (Lipinski definition) is 12. The van der Waals surface area contributed by atoms with Crippen molar-refractivity contribution in [2.45, 2.75) is 155 Å². The second-order valence-electron chi connectivity index (χ2n) is 22.7. The van der Waals surface area contributed by atoms with Crippen LogP contribution in [0.2, 0.25) is 0 Å². The van der Waals surface area contributed by atoms with E-state index in [0.717, 1.165) is 13.0 Å². The lowest BCUT2D eigenvalue weighted by Crippen LogP contribution is -2.60. The summed E-state index contributed by atoms with van der Waals surface area (Å²) in [5.41, 5.74) is -1.71. The number of aliphatic carboxylic acids is 2. The lowest BCUT2D eigenvalue weighted by Gasteiger charge is -2.40. The predicted molar refractivity (Wildman–Crippen MR) is 326 cm³/mol. The summed E-state index contributed by atoms with van der Waals surface area (Å²) in [6.07, 6.45) is -4.05. The average Bonchev–Trinajstić information content (AvgIpc) is 0.808. The Bertz CT molecular complexity index is 2560. The number of hydrogen-bond acceptors (Lipinski definition) is 26. The second kappa shape index (κ2) is 41.4. The van der Waals surface area contributed by atoms with Gasteiger partial charge in [0.15, 0.2) is 6.10 Å². The smallest absolute Gasteiger partial charge is 0.413 e. The van der Waals surface area contributed by atoms with E-state index >= 15 is 0 Å². The zero-order valence-electron chi connectivity index (χ0n) is 54.7. The quantitative estimate of drug-likeness (QED) is 0.0109. The third-order valence-electron chi connectivity index (χ3n) is 12.7. The highest BCUT2D eigenvalue weighted by molar-refractivity contribution is 5.94. The van der Waals surface area contributed by atoms with Crippen LogP contribution in [0, 0.1) is 18.3 Å². The Labute approximate surface area is 540 Å². The van der Waals surface area contributed by atoms with E-state index in [0.29, 0.717) is 0 Å². The van der Waals surface area contributed by atoms with Crippen LogP contribution in [0.4, 0.5) is 9.59 Å². The molecule has 0 fully saturated rings. The number of ether oxygens (including phenoxy) is 12. The molecular weight excluding hydrogens is 1240 g/mol. The first-order valence-corrected chi connectivity index (χ1v) is 29.9. The van der Waals surface area contributed by atoms with Crippen molar-refractivity contribution >= 4 is 53.6 Å². The monoisotopic (exact) mass is 1330 g/mol. The fraction of sp³-hybridized carbons (Fsp3) is 0.712. The molecule has 528 valence electrons. The number of aliphatic hydroxyl groups is 4. The molecule has 0 radical (unpaired) electrons. The molecule has 2 aliphatic heterocycles. The van der Waals surface area contributed by atoms with Crippen LogP contribution in [0.15, 0.2) is 41.1 Å². The highest BCUT2D eigenvalue weighted by Crippen LogP contribution is 2.30. The van der Waals surface area contributed by atoms with Crippen molar-refractivity contribution < 1.29 is 126 Å². The summed E-state index contributed by atoms with van der Waals surface area (Å²) in [7, 11) is 0. The Hall–Kier alpha value is -7.27. The summed E-state index contributed by atoms with van der Waals surface area (Å²) >= 11 is 0. The first-order chi connectivity index (χ1) is 43.7. The van der Waals surface area contributed by atoms with E-state index in [1.807, 2.05) is 0 Å². The third kappa shape index (κ3) is 31.5. The SMILES string of the molecule is C#CCOCCOC(CC(=O)N(CCOCCNC(=O)CO[C@@H]([C@@H]1OC(C(=O)O)=C[C@H](NC(=C)NC(=O)OC(C)(C)C)[C@H]1C)[C@H](O)CO)CCOCCNC(=O)CO[C@@H]([C@@H]1OC(C(=O)O)=C[C@H](N=C(C)NC(=O)OC(C)(C)C)[C@H]1NC(C)=O)[C@H](O)CO)(OCC)OCC. The molecule has 6 amide bonds. The highest BCUT2D eigenvalue weighted by Gasteiger charge is 2.46. The van der Waals surface area contributed by atoms with Crippen molar-refractivity contribution in [3.8, 4) is 12.3 Å². The number of carbonyl (C=O) groups is 8. The number of nitrogens with zero attached hydrogens (tertiary/aromatic N) is 2. The van der Waals surface area contributed by atoms with Gasteiger partial charge in [0.25, 0.3) is 5.97 Å². The molecule has 34 nitrogen and oxygen atoms in total. The van der Waals surface area contributed by atoms with Gasteiger partial charge in [0.2, 0.25) is 35.1 Å². The van der Waals surface area contributed by atoms with Gasteiger partial charge in [0, 0.05) is 52.2 Å². The van der Waals surface area contributed by atoms with Crippen LogP contribution in [0.5, 0.6) is 0 Å². The maximum atomic E-state index is 14.1. The Balaban J connectivity index is 2.16. The molecule has 0 aromatic rings. The van der Waals surface area contributed by atoms with E-state index in [-0.39, 0.29) is 97.3 Å². The van der Waals surface area contributed by atoms with Crippen molar-refractivity contribution in [2.24, 2.45) is 10.9 Å². The van der Waals surface area contributed by atoms with E-state index in [9.17, 15) is 69.0 Å². The predicted octanol–water partition coefficient (Wildman–Crippen LogP) is -1.52. The first-order valence-electron chi connectivity index (χ1n) is 29.9. The van der Waals surface area contributed by atoms with Gasteiger partial charge in [-0.2, -0.15) is 0 Å². The molecule has 0 saturated carbocycles. The van der Waals surface area contributed by atoms with Crippen molar-refractivity contribution in [1.82, 2.24) is 36.8 Å². The van der Waals surface area contributed by atoms with Crippen molar-refractivity contribution in [1.29, 1.82) is 0 Å². The number of amides is 6. The molecule has 0 unspecified atom stereocenters. The molecule has 2 heterocycles. The standard InChI is InChI=1S/C59H96N8O26/c1-14-21-82-26-27-89-59(87-15-2,88-16-3)30-47(75)67(19-24-83-22-17-60-45(73)33-85-50(41(71)31-68)49-35(4)39(28-43(90-49)53(76)77)62-36(5)64-55(80)92-57(8,9)10)20-25-84-23-18-61-46(74)34-86-51(42(72)32-69)52-48(66-38(7)70)40(29-44(91-52)54(78)79)63-37(6)65-56(81)93-58(11,12)13/h1,28-29,35,39-42,48-52,62,68-69,71-72H,5,15-27,30-34H2,2-4,6-13H3,(H,60,73)(H,61,74)(H,64,80)(H,66,70)(H,76,77)(H,78,79)(H,63,65,81)/t35-,39+,40+,41-,42-,48-,49-,50-,51-,52-/m1/s1. The molecule has 34 heteroatoms. The zero-order valence-corrected chi connectivity index (χ0v) is 54.7. The minimum Gasteiger partial charge on any atom is -0.480 e. The number of terminal acetylenes is 1. The number of alkyl carbamates (subject to hydrolysis) is 2. The largest absolute Gasteiger partial charge is 0.480 e. The molecule has 0 aromatic heterocycles. The van der Waals surface area contributed by atoms with Crippen LogP contribution in [-0.2, 0) is 85.6 Å². The summed E-state index contributed by atoms with van der Waals surface area (Å²) in [5.74, 6) is -7.27. The molecule has 12 N–H and O–H groups in total. The number of nitrogens with one attached hydrogen (secondary N) is 6. The third-order valence-corrected chi connectivity index (χ3v) is 12.7. The number of aliphatic hydroxyl groups excluding tert-OH is 4.